The van der Waals surface area contributed by atoms with E-state index >= 15 is 0 Å². The molecule has 1 atom stereocenters. The van der Waals surface area contributed by atoms with Crippen molar-refractivity contribution in [1.82, 2.24) is 0 Å². The number of unbranched alkanes of at least 4 members (excludes halogenated alkanes) is 5. The topological polar surface area (TPSA) is 20.2 Å². The Balaban J connectivity index is 2.33. The van der Waals surface area contributed by atoms with Crippen LogP contribution in [0.3, 0.4) is 0 Å². The van der Waals surface area contributed by atoms with Gasteiger partial charge in [0.2, 0.25) is 0 Å². The summed E-state index contributed by atoms with van der Waals surface area (Å²) in [4.78, 5) is 0. The lowest BCUT2D eigenvalue weighted by molar-refractivity contribution is 0.0448. The lowest BCUT2D eigenvalue weighted by Gasteiger charge is -2.24. The van der Waals surface area contributed by atoms with E-state index in [1.807, 2.05) is 31.2 Å². The second-order valence-electron chi connectivity index (χ2n) is 5.30. The van der Waals surface area contributed by atoms with Crippen LogP contribution in [0.5, 0.6) is 0 Å². The van der Waals surface area contributed by atoms with E-state index in [0.717, 1.165) is 22.9 Å². The maximum Gasteiger partial charge on any atom is 0.0868 e. The molecule has 1 unspecified atom stereocenters. The van der Waals surface area contributed by atoms with E-state index in [0.29, 0.717) is 0 Å². The van der Waals surface area contributed by atoms with Gasteiger partial charge < -0.3 is 5.11 Å². The van der Waals surface area contributed by atoms with Gasteiger partial charge in [0.25, 0.3) is 0 Å². The molecule has 102 valence electrons. The van der Waals surface area contributed by atoms with Gasteiger partial charge in [-0.05, 0) is 31.0 Å². The minimum atomic E-state index is -0.689. The fourth-order valence-electron chi connectivity index (χ4n) is 2.20. The van der Waals surface area contributed by atoms with Crippen molar-refractivity contribution in [2.45, 2.75) is 64.4 Å². The van der Waals surface area contributed by atoms with Gasteiger partial charge in [-0.25, -0.2) is 0 Å². The van der Waals surface area contributed by atoms with E-state index in [2.05, 4.69) is 22.9 Å². The second kappa shape index (κ2) is 7.96. The fourth-order valence-corrected chi connectivity index (χ4v) is 2.47. The van der Waals surface area contributed by atoms with Gasteiger partial charge in [-0.1, -0.05) is 73.5 Å². The average molecular weight is 313 g/mol. The first-order valence-electron chi connectivity index (χ1n) is 7.04. The first-order chi connectivity index (χ1) is 8.56. The first kappa shape index (κ1) is 15.7. The summed E-state index contributed by atoms with van der Waals surface area (Å²) in [5, 5.41) is 10.5. The molecule has 0 aliphatic rings. The molecule has 0 saturated carbocycles. The molecular weight excluding hydrogens is 288 g/mol. The summed E-state index contributed by atoms with van der Waals surface area (Å²) in [6, 6.07) is 7.98. The van der Waals surface area contributed by atoms with Crippen LogP contribution < -0.4 is 0 Å². The van der Waals surface area contributed by atoms with Crippen molar-refractivity contribution in [2.75, 3.05) is 0 Å². The number of aliphatic hydroxyl groups is 1. The van der Waals surface area contributed by atoms with Crippen molar-refractivity contribution >= 4 is 15.9 Å². The van der Waals surface area contributed by atoms with Crippen molar-refractivity contribution in [3.8, 4) is 0 Å². The molecule has 0 bridgehead atoms. The lowest BCUT2D eigenvalue weighted by atomic mass is 9.90. The highest BCUT2D eigenvalue weighted by molar-refractivity contribution is 9.10. The summed E-state index contributed by atoms with van der Waals surface area (Å²) in [5.74, 6) is 0. The Morgan fingerprint density at radius 3 is 2.17 bits per heavy atom. The van der Waals surface area contributed by atoms with Gasteiger partial charge >= 0.3 is 0 Å². The number of rotatable bonds is 8. The highest BCUT2D eigenvalue weighted by Crippen LogP contribution is 2.28. The summed E-state index contributed by atoms with van der Waals surface area (Å²) in [5.41, 5.74) is 0.324. The van der Waals surface area contributed by atoms with Crippen LogP contribution >= 0.6 is 15.9 Å². The standard InChI is InChI=1S/C16H25BrO/c1-3-4-5-6-7-8-13-16(2,18)14-9-11-15(17)12-10-14/h9-12,18H,3-8,13H2,1-2H3. The largest absolute Gasteiger partial charge is 0.385 e. The molecule has 1 N–H and O–H groups in total. The van der Waals surface area contributed by atoms with Gasteiger partial charge in [0.05, 0.1) is 5.60 Å². The van der Waals surface area contributed by atoms with Gasteiger partial charge in [0, 0.05) is 4.47 Å². The maximum absolute atomic E-state index is 10.5. The quantitative estimate of drug-likeness (QED) is 0.636. The van der Waals surface area contributed by atoms with E-state index in [1.165, 1.54) is 32.1 Å². The smallest absolute Gasteiger partial charge is 0.0868 e. The molecule has 0 aliphatic heterocycles. The average Bonchev–Trinajstić information content (AvgIpc) is 2.34. The molecule has 0 aliphatic carbocycles. The number of benzene rings is 1. The molecule has 0 radical (unpaired) electrons. The first-order valence-corrected chi connectivity index (χ1v) is 7.84. The second-order valence-corrected chi connectivity index (χ2v) is 6.21. The molecule has 0 spiro atoms. The maximum atomic E-state index is 10.5. The summed E-state index contributed by atoms with van der Waals surface area (Å²) in [7, 11) is 0. The highest BCUT2D eigenvalue weighted by Gasteiger charge is 2.21. The number of hydrogen-bond donors (Lipinski definition) is 1. The Kier molecular flexibility index (Phi) is 6.95. The molecule has 1 nitrogen and oxygen atoms in total. The van der Waals surface area contributed by atoms with Gasteiger partial charge in [-0.3, -0.25) is 0 Å². The summed E-state index contributed by atoms with van der Waals surface area (Å²) in [6.07, 6.45) is 8.43. The van der Waals surface area contributed by atoms with Crippen LogP contribution in [0.2, 0.25) is 0 Å². The van der Waals surface area contributed by atoms with Gasteiger partial charge in [-0.15, -0.1) is 0 Å². The predicted octanol–water partition coefficient (Wildman–Crippen LogP) is 5.41. The van der Waals surface area contributed by atoms with Crippen LogP contribution in [0.25, 0.3) is 0 Å². The van der Waals surface area contributed by atoms with Gasteiger partial charge in [-0.2, -0.15) is 0 Å². The van der Waals surface area contributed by atoms with Crippen LogP contribution in [0.15, 0.2) is 28.7 Å². The molecule has 2 heteroatoms. The van der Waals surface area contributed by atoms with Crippen molar-refractivity contribution in [3.05, 3.63) is 34.3 Å². The molecule has 18 heavy (non-hydrogen) atoms. The van der Waals surface area contributed by atoms with Gasteiger partial charge in [0.15, 0.2) is 0 Å². The van der Waals surface area contributed by atoms with Crippen molar-refractivity contribution < 1.29 is 5.11 Å². The van der Waals surface area contributed by atoms with Crippen molar-refractivity contribution in [3.63, 3.8) is 0 Å². The van der Waals surface area contributed by atoms with Crippen LogP contribution in [-0.4, -0.2) is 5.11 Å². The van der Waals surface area contributed by atoms with Gasteiger partial charge in [0.1, 0.15) is 0 Å². The number of halogens is 1. The van der Waals surface area contributed by atoms with E-state index in [4.69, 9.17) is 0 Å². The predicted molar refractivity (Wildman–Crippen MR) is 81.7 cm³/mol. The molecule has 0 amide bonds. The summed E-state index contributed by atoms with van der Waals surface area (Å²) < 4.78 is 1.06. The third-order valence-electron chi connectivity index (χ3n) is 3.48. The van der Waals surface area contributed by atoms with E-state index in [9.17, 15) is 5.11 Å². The zero-order valence-electron chi connectivity index (χ0n) is 11.6. The molecule has 0 heterocycles. The SMILES string of the molecule is CCCCCCCCC(C)(O)c1ccc(Br)cc1. The normalized spacial score (nSPS) is 14.4. The Morgan fingerprint density at radius 2 is 1.56 bits per heavy atom. The Morgan fingerprint density at radius 1 is 1.00 bits per heavy atom. The third kappa shape index (κ3) is 5.53. The fraction of sp³-hybridized carbons (Fsp3) is 0.625. The molecule has 0 fully saturated rings. The van der Waals surface area contributed by atoms with Crippen LogP contribution in [0.4, 0.5) is 0 Å². The van der Waals surface area contributed by atoms with E-state index < -0.39 is 5.60 Å². The lowest BCUT2D eigenvalue weighted by Crippen LogP contribution is -2.20. The van der Waals surface area contributed by atoms with Crippen molar-refractivity contribution in [2.24, 2.45) is 0 Å². The van der Waals surface area contributed by atoms with Crippen LogP contribution in [0.1, 0.15) is 64.4 Å². The molecule has 1 aromatic rings. The third-order valence-corrected chi connectivity index (χ3v) is 4.01. The molecule has 0 saturated heterocycles. The molecule has 1 aromatic carbocycles. The minimum Gasteiger partial charge on any atom is -0.385 e. The van der Waals surface area contributed by atoms with E-state index in [1.54, 1.807) is 0 Å². The zero-order chi connectivity index (χ0) is 13.4. The monoisotopic (exact) mass is 312 g/mol. The minimum absolute atomic E-state index is 0.689. The number of hydrogen-bond acceptors (Lipinski definition) is 1. The zero-order valence-corrected chi connectivity index (χ0v) is 13.2. The summed E-state index contributed by atoms with van der Waals surface area (Å²) in [6.45, 7) is 4.15. The molecular formula is C16H25BrO. The van der Waals surface area contributed by atoms with E-state index in [-0.39, 0.29) is 0 Å². The Bertz CT molecular complexity index is 329. The summed E-state index contributed by atoms with van der Waals surface area (Å²) >= 11 is 3.42. The molecule has 0 aromatic heterocycles. The highest BCUT2D eigenvalue weighted by atomic mass is 79.9. The Hall–Kier alpha value is -0.340. The Labute approximate surface area is 120 Å². The van der Waals surface area contributed by atoms with Crippen molar-refractivity contribution in [1.29, 1.82) is 0 Å². The molecule has 1 rings (SSSR count). The van der Waals surface area contributed by atoms with Crippen LogP contribution in [-0.2, 0) is 5.60 Å². The van der Waals surface area contributed by atoms with Crippen LogP contribution in [0, 0.1) is 0 Å².